The van der Waals surface area contributed by atoms with E-state index >= 15 is 0 Å². The zero-order valence-corrected chi connectivity index (χ0v) is 9.83. The Morgan fingerprint density at radius 2 is 1.93 bits per heavy atom. The molecule has 0 aliphatic heterocycles. The van der Waals surface area contributed by atoms with Crippen LogP contribution in [-0.2, 0) is 14.3 Å². The Morgan fingerprint density at radius 1 is 1.27 bits per heavy atom. The quantitative estimate of drug-likeness (QED) is 0.521. The minimum atomic E-state index is -0.333. The first kappa shape index (κ1) is 12.5. The van der Waals surface area contributed by atoms with Crippen LogP contribution in [0.3, 0.4) is 0 Å². The van der Waals surface area contributed by atoms with E-state index in [9.17, 15) is 4.79 Å². The van der Waals surface area contributed by atoms with Crippen LogP contribution in [-0.4, -0.2) is 18.4 Å². The first-order valence-electron chi connectivity index (χ1n) is 6.11. The molecule has 1 saturated carbocycles. The summed E-state index contributed by atoms with van der Waals surface area (Å²) in [6, 6.07) is 0. The second-order valence-corrected chi connectivity index (χ2v) is 4.08. The maximum atomic E-state index is 11.1. The lowest BCUT2D eigenvalue weighted by atomic mass is 9.98. The van der Waals surface area contributed by atoms with Crippen LogP contribution in [0.2, 0.25) is 0 Å². The second kappa shape index (κ2) is 6.83. The molecule has 1 unspecified atom stereocenters. The lowest BCUT2D eigenvalue weighted by Gasteiger charge is -2.26. The van der Waals surface area contributed by atoms with E-state index in [1.807, 2.05) is 6.92 Å². The van der Waals surface area contributed by atoms with E-state index in [1.54, 1.807) is 6.92 Å². The van der Waals surface area contributed by atoms with E-state index in [0.29, 0.717) is 12.5 Å². The van der Waals surface area contributed by atoms with Crippen LogP contribution < -0.4 is 0 Å². The zero-order chi connectivity index (χ0) is 11.1. The first-order chi connectivity index (χ1) is 7.26. The summed E-state index contributed by atoms with van der Waals surface area (Å²) in [5, 5.41) is 0. The molecule has 0 aromatic rings. The van der Waals surface area contributed by atoms with Crippen LogP contribution in [0.1, 0.15) is 58.8 Å². The lowest BCUT2D eigenvalue weighted by molar-refractivity contribution is -0.193. The molecule has 3 heteroatoms. The highest BCUT2D eigenvalue weighted by molar-refractivity contribution is 5.68. The summed E-state index contributed by atoms with van der Waals surface area (Å²) in [5.41, 5.74) is 0. The summed E-state index contributed by atoms with van der Waals surface area (Å²) < 4.78 is 11.0. The Labute approximate surface area is 92.1 Å². The van der Waals surface area contributed by atoms with Crippen LogP contribution >= 0.6 is 0 Å². The van der Waals surface area contributed by atoms with Crippen molar-refractivity contribution in [2.45, 2.75) is 71.2 Å². The molecule has 1 rings (SSSR count). The average Bonchev–Trinajstić information content (AvgIpc) is 2.29. The molecule has 0 aromatic heterocycles. The number of rotatable bonds is 5. The van der Waals surface area contributed by atoms with Gasteiger partial charge in [-0.2, -0.15) is 0 Å². The van der Waals surface area contributed by atoms with Gasteiger partial charge in [-0.05, 0) is 12.8 Å². The Kier molecular flexibility index (Phi) is 5.69. The van der Waals surface area contributed by atoms with Crippen molar-refractivity contribution in [1.29, 1.82) is 0 Å². The maximum Gasteiger partial charge on any atom is 0.307 e. The smallest absolute Gasteiger partial charge is 0.307 e. The van der Waals surface area contributed by atoms with Gasteiger partial charge in [-0.25, -0.2) is 0 Å². The summed E-state index contributed by atoms with van der Waals surface area (Å²) in [6.45, 7) is 3.78. The molecule has 0 saturated heterocycles. The van der Waals surface area contributed by atoms with E-state index in [2.05, 4.69) is 0 Å². The molecular weight excluding hydrogens is 192 g/mol. The molecule has 0 spiro atoms. The van der Waals surface area contributed by atoms with Crippen molar-refractivity contribution in [2.24, 2.45) is 0 Å². The Bertz CT molecular complexity index is 185. The van der Waals surface area contributed by atoms with Gasteiger partial charge in [0, 0.05) is 12.8 Å². The monoisotopic (exact) mass is 214 g/mol. The molecule has 0 N–H and O–H groups in total. The normalized spacial score (nSPS) is 19.9. The van der Waals surface area contributed by atoms with Crippen LogP contribution in [0.25, 0.3) is 0 Å². The third-order valence-electron chi connectivity index (χ3n) is 2.78. The Morgan fingerprint density at radius 3 is 2.47 bits per heavy atom. The predicted octanol–water partition coefficient (Wildman–Crippen LogP) is 3.03. The van der Waals surface area contributed by atoms with Crippen LogP contribution in [0.5, 0.6) is 0 Å². The summed E-state index contributed by atoms with van der Waals surface area (Å²) in [5.74, 6) is -0.169. The second-order valence-electron chi connectivity index (χ2n) is 4.08. The minimum absolute atomic E-state index is 0.169. The highest BCUT2D eigenvalue weighted by Crippen LogP contribution is 2.22. The summed E-state index contributed by atoms with van der Waals surface area (Å²) in [4.78, 5) is 11.1. The summed E-state index contributed by atoms with van der Waals surface area (Å²) in [7, 11) is 0. The Balaban J connectivity index is 2.28. The third kappa shape index (κ3) is 4.65. The molecule has 1 fully saturated rings. The standard InChI is InChI=1S/C12H22O3/c1-3-11(13)15-12(4-2)14-10-8-6-5-7-9-10/h10,12H,3-9H2,1-2H3. The average molecular weight is 214 g/mol. The highest BCUT2D eigenvalue weighted by Gasteiger charge is 2.20. The number of carbonyl (C=O) groups is 1. The van der Waals surface area contributed by atoms with Gasteiger partial charge in [-0.1, -0.05) is 33.1 Å². The molecule has 3 nitrogen and oxygen atoms in total. The van der Waals surface area contributed by atoms with Gasteiger partial charge in [0.15, 0.2) is 0 Å². The van der Waals surface area contributed by atoms with E-state index in [-0.39, 0.29) is 12.3 Å². The number of esters is 1. The molecule has 0 heterocycles. The molecule has 0 bridgehead atoms. The van der Waals surface area contributed by atoms with Crippen LogP contribution in [0.4, 0.5) is 0 Å². The van der Waals surface area contributed by atoms with Crippen molar-refractivity contribution in [3.63, 3.8) is 0 Å². The number of ether oxygens (including phenoxy) is 2. The zero-order valence-electron chi connectivity index (χ0n) is 9.83. The van der Waals surface area contributed by atoms with Gasteiger partial charge in [0.05, 0.1) is 6.10 Å². The van der Waals surface area contributed by atoms with Gasteiger partial charge in [-0.15, -0.1) is 0 Å². The molecule has 0 radical (unpaired) electrons. The fourth-order valence-corrected chi connectivity index (χ4v) is 1.85. The van der Waals surface area contributed by atoms with Gasteiger partial charge >= 0.3 is 5.97 Å². The van der Waals surface area contributed by atoms with Gasteiger partial charge in [0.2, 0.25) is 6.29 Å². The number of carbonyl (C=O) groups excluding carboxylic acids is 1. The van der Waals surface area contributed by atoms with Gasteiger partial charge < -0.3 is 9.47 Å². The molecule has 0 amide bonds. The van der Waals surface area contributed by atoms with Crippen LogP contribution in [0.15, 0.2) is 0 Å². The predicted molar refractivity (Wildman–Crippen MR) is 58.4 cm³/mol. The SMILES string of the molecule is CCC(=O)OC(CC)OC1CCCCC1. The highest BCUT2D eigenvalue weighted by atomic mass is 16.7. The lowest BCUT2D eigenvalue weighted by Crippen LogP contribution is -2.27. The fraction of sp³-hybridized carbons (Fsp3) is 0.917. The molecule has 1 aliphatic rings. The fourth-order valence-electron chi connectivity index (χ4n) is 1.85. The molecule has 1 atom stereocenters. The number of hydrogen-bond acceptors (Lipinski definition) is 3. The molecule has 1 aliphatic carbocycles. The van der Waals surface area contributed by atoms with Gasteiger partial charge in [0.1, 0.15) is 0 Å². The summed E-state index contributed by atoms with van der Waals surface area (Å²) >= 11 is 0. The summed E-state index contributed by atoms with van der Waals surface area (Å²) in [6.07, 6.45) is 7.14. The van der Waals surface area contributed by atoms with Gasteiger partial charge in [-0.3, -0.25) is 4.79 Å². The number of hydrogen-bond donors (Lipinski definition) is 0. The molecular formula is C12H22O3. The van der Waals surface area contributed by atoms with Crippen molar-refractivity contribution >= 4 is 5.97 Å². The molecule has 15 heavy (non-hydrogen) atoms. The molecule has 88 valence electrons. The van der Waals surface area contributed by atoms with E-state index < -0.39 is 0 Å². The van der Waals surface area contributed by atoms with Crippen molar-refractivity contribution in [1.82, 2.24) is 0 Å². The van der Waals surface area contributed by atoms with E-state index in [0.717, 1.165) is 19.3 Å². The van der Waals surface area contributed by atoms with Crippen LogP contribution in [0, 0.1) is 0 Å². The van der Waals surface area contributed by atoms with E-state index in [1.165, 1.54) is 19.3 Å². The van der Waals surface area contributed by atoms with Crippen molar-refractivity contribution < 1.29 is 14.3 Å². The minimum Gasteiger partial charge on any atom is -0.436 e. The maximum absolute atomic E-state index is 11.1. The third-order valence-corrected chi connectivity index (χ3v) is 2.78. The van der Waals surface area contributed by atoms with Crippen molar-refractivity contribution in [3.05, 3.63) is 0 Å². The largest absolute Gasteiger partial charge is 0.436 e. The van der Waals surface area contributed by atoms with E-state index in [4.69, 9.17) is 9.47 Å². The topological polar surface area (TPSA) is 35.5 Å². The van der Waals surface area contributed by atoms with Gasteiger partial charge in [0.25, 0.3) is 0 Å². The Hall–Kier alpha value is -0.570. The van der Waals surface area contributed by atoms with Crippen molar-refractivity contribution in [3.8, 4) is 0 Å². The van der Waals surface area contributed by atoms with Crippen molar-refractivity contribution in [2.75, 3.05) is 0 Å². The molecule has 0 aromatic carbocycles. The first-order valence-corrected chi connectivity index (χ1v) is 6.11.